The molecule has 1 aromatic heterocycles. The fraction of sp³-hybridized carbons (Fsp3) is 0.429. The Labute approximate surface area is 170 Å². The molecule has 1 fully saturated rings. The highest BCUT2D eigenvalue weighted by Gasteiger charge is 2.26. The highest BCUT2D eigenvalue weighted by molar-refractivity contribution is 5.93. The number of aryl methyl sites for hydroxylation is 1. The van der Waals surface area contributed by atoms with Gasteiger partial charge in [-0.15, -0.1) is 0 Å². The van der Waals surface area contributed by atoms with Crippen LogP contribution in [0.5, 0.6) is 0 Å². The maximum absolute atomic E-state index is 12.9. The SMILES string of the molecule is CCOC(=O)N1CCN(C(=O)c2cc(NC(C)c3ccccc3)nc(C)n2)CC1. The molecular weight excluding hydrogens is 370 g/mol. The summed E-state index contributed by atoms with van der Waals surface area (Å²) in [7, 11) is 0. The maximum atomic E-state index is 12.9. The molecule has 8 nitrogen and oxygen atoms in total. The molecule has 1 aliphatic heterocycles. The third-order valence-corrected chi connectivity index (χ3v) is 4.81. The highest BCUT2D eigenvalue weighted by atomic mass is 16.6. The smallest absolute Gasteiger partial charge is 0.409 e. The van der Waals surface area contributed by atoms with Gasteiger partial charge in [0.05, 0.1) is 6.61 Å². The van der Waals surface area contributed by atoms with Crippen molar-refractivity contribution in [2.24, 2.45) is 0 Å². The molecule has 1 aromatic carbocycles. The van der Waals surface area contributed by atoms with E-state index in [0.717, 1.165) is 5.56 Å². The third kappa shape index (κ3) is 5.22. The average Bonchev–Trinajstić information content (AvgIpc) is 2.73. The first-order valence-corrected chi connectivity index (χ1v) is 9.86. The number of carbonyl (C=O) groups is 2. The minimum atomic E-state index is -0.334. The summed E-state index contributed by atoms with van der Waals surface area (Å²) in [4.78, 5) is 36.8. The van der Waals surface area contributed by atoms with Crippen molar-refractivity contribution in [1.29, 1.82) is 0 Å². The van der Waals surface area contributed by atoms with Crippen LogP contribution in [-0.2, 0) is 4.74 Å². The van der Waals surface area contributed by atoms with E-state index in [9.17, 15) is 9.59 Å². The zero-order valence-electron chi connectivity index (χ0n) is 17.1. The molecule has 8 heteroatoms. The van der Waals surface area contributed by atoms with Gasteiger partial charge in [0.15, 0.2) is 0 Å². The lowest BCUT2D eigenvalue weighted by atomic mass is 10.1. The van der Waals surface area contributed by atoms with Gasteiger partial charge in [-0.3, -0.25) is 4.79 Å². The van der Waals surface area contributed by atoms with E-state index in [0.29, 0.717) is 50.1 Å². The van der Waals surface area contributed by atoms with Gasteiger partial charge < -0.3 is 19.9 Å². The first kappa shape index (κ1) is 20.6. The van der Waals surface area contributed by atoms with Crippen LogP contribution in [-0.4, -0.2) is 64.6 Å². The van der Waals surface area contributed by atoms with E-state index in [-0.39, 0.29) is 18.0 Å². The second-order valence-corrected chi connectivity index (χ2v) is 6.94. The van der Waals surface area contributed by atoms with Crippen molar-refractivity contribution in [3.8, 4) is 0 Å². The van der Waals surface area contributed by atoms with Gasteiger partial charge in [0.25, 0.3) is 5.91 Å². The van der Waals surface area contributed by atoms with Gasteiger partial charge in [-0.25, -0.2) is 14.8 Å². The number of hydrogen-bond acceptors (Lipinski definition) is 6. The van der Waals surface area contributed by atoms with Crippen molar-refractivity contribution in [2.75, 3.05) is 38.1 Å². The number of anilines is 1. The van der Waals surface area contributed by atoms with Crippen molar-refractivity contribution < 1.29 is 14.3 Å². The number of rotatable bonds is 5. The van der Waals surface area contributed by atoms with E-state index in [2.05, 4.69) is 15.3 Å². The summed E-state index contributed by atoms with van der Waals surface area (Å²) < 4.78 is 5.02. The molecule has 1 unspecified atom stereocenters. The maximum Gasteiger partial charge on any atom is 0.409 e. The predicted molar refractivity (Wildman–Crippen MR) is 110 cm³/mol. The number of amides is 2. The molecule has 2 amide bonds. The Kier molecular flexibility index (Phi) is 6.64. The molecule has 1 N–H and O–H groups in total. The molecule has 2 aromatic rings. The van der Waals surface area contributed by atoms with Gasteiger partial charge in [0, 0.05) is 38.3 Å². The quantitative estimate of drug-likeness (QED) is 0.835. The second-order valence-electron chi connectivity index (χ2n) is 6.94. The van der Waals surface area contributed by atoms with Gasteiger partial charge in [-0.1, -0.05) is 30.3 Å². The summed E-state index contributed by atoms with van der Waals surface area (Å²) in [5.41, 5.74) is 1.48. The van der Waals surface area contributed by atoms with Crippen LogP contribution in [0.25, 0.3) is 0 Å². The van der Waals surface area contributed by atoms with Crippen LogP contribution < -0.4 is 5.32 Å². The lowest BCUT2D eigenvalue weighted by Crippen LogP contribution is -2.50. The number of nitrogens with one attached hydrogen (secondary N) is 1. The number of aromatic nitrogens is 2. The highest BCUT2D eigenvalue weighted by Crippen LogP contribution is 2.19. The van der Waals surface area contributed by atoms with Crippen LogP contribution in [0.4, 0.5) is 10.6 Å². The molecule has 1 aliphatic rings. The average molecular weight is 397 g/mol. The second kappa shape index (κ2) is 9.36. The monoisotopic (exact) mass is 397 g/mol. The van der Waals surface area contributed by atoms with Crippen molar-refractivity contribution in [2.45, 2.75) is 26.8 Å². The minimum Gasteiger partial charge on any atom is -0.450 e. The molecule has 154 valence electrons. The van der Waals surface area contributed by atoms with E-state index >= 15 is 0 Å². The third-order valence-electron chi connectivity index (χ3n) is 4.81. The molecule has 0 aliphatic carbocycles. The lowest BCUT2D eigenvalue weighted by molar-refractivity contribution is 0.0565. The Morgan fingerprint density at radius 3 is 2.41 bits per heavy atom. The Hall–Kier alpha value is -3.16. The van der Waals surface area contributed by atoms with Crippen molar-refractivity contribution in [3.05, 3.63) is 53.5 Å². The van der Waals surface area contributed by atoms with E-state index < -0.39 is 0 Å². The molecule has 3 rings (SSSR count). The van der Waals surface area contributed by atoms with E-state index in [4.69, 9.17) is 4.74 Å². The number of hydrogen-bond donors (Lipinski definition) is 1. The van der Waals surface area contributed by atoms with Gasteiger partial charge in [-0.05, 0) is 26.3 Å². The first-order chi connectivity index (χ1) is 14.0. The molecule has 0 saturated carbocycles. The first-order valence-electron chi connectivity index (χ1n) is 9.86. The Morgan fingerprint density at radius 2 is 1.76 bits per heavy atom. The largest absolute Gasteiger partial charge is 0.450 e. The normalized spacial score (nSPS) is 15.0. The Morgan fingerprint density at radius 1 is 1.10 bits per heavy atom. The van der Waals surface area contributed by atoms with Crippen LogP contribution in [0.15, 0.2) is 36.4 Å². The van der Waals surface area contributed by atoms with Crippen LogP contribution in [0.3, 0.4) is 0 Å². The number of nitrogens with zero attached hydrogens (tertiary/aromatic N) is 4. The van der Waals surface area contributed by atoms with Crippen LogP contribution in [0.1, 0.15) is 41.8 Å². The summed E-state index contributed by atoms with van der Waals surface area (Å²) in [6.07, 6.45) is -0.334. The number of piperazine rings is 1. The standard InChI is InChI=1S/C21H27N5O3/c1-4-29-21(28)26-12-10-25(11-13-26)20(27)18-14-19(24-16(3)23-18)22-15(2)17-8-6-5-7-9-17/h5-9,14-15H,4,10-13H2,1-3H3,(H,22,23,24). The van der Waals surface area contributed by atoms with E-state index in [1.807, 2.05) is 37.3 Å². The van der Waals surface area contributed by atoms with Crippen molar-refractivity contribution >= 4 is 17.8 Å². The molecule has 0 radical (unpaired) electrons. The molecule has 0 bridgehead atoms. The van der Waals surface area contributed by atoms with Gasteiger partial charge in [-0.2, -0.15) is 0 Å². The van der Waals surface area contributed by atoms with Crippen molar-refractivity contribution in [1.82, 2.24) is 19.8 Å². The Balaban J connectivity index is 1.66. The summed E-state index contributed by atoms with van der Waals surface area (Å²) in [5.74, 6) is 0.987. The molecule has 1 saturated heterocycles. The van der Waals surface area contributed by atoms with Crippen LogP contribution in [0.2, 0.25) is 0 Å². The predicted octanol–water partition coefficient (Wildman–Crippen LogP) is 2.87. The molecule has 0 spiro atoms. The topological polar surface area (TPSA) is 87.7 Å². The summed E-state index contributed by atoms with van der Waals surface area (Å²) in [5, 5.41) is 3.34. The Bertz CT molecular complexity index is 851. The molecule has 29 heavy (non-hydrogen) atoms. The number of benzene rings is 1. The molecule has 1 atom stereocenters. The molecular formula is C21H27N5O3. The van der Waals surface area contributed by atoms with E-state index in [1.165, 1.54) is 0 Å². The zero-order chi connectivity index (χ0) is 20.8. The van der Waals surface area contributed by atoms with Gasteiger partial charge >= 0.3 is 6.09 Å². The summed E-state index contributed by atoms with van der Waals surface area (Å²) >= 11 is 0. The lowest BCUT2D eigenvalue weighted by Gasteiger charge is -2.33. The van der Waals surface area contributed by atoms with E-state index in [1.54, 1.807) is 29.7 Å². The minimum absolute atomic E-state index is 0.0431. The van der Waals surface area contributed by atoms with Gasteiger partial charge in [0.1, 0.15) is 17.3 Å². The summed E-state index contributed by atoms with van der Waals surface area (Å²) in [6.45, 7) is 7.73. The number of ether oxygens (including phenoxy) is 1. The van der Waals surface area contributed by atoms with Crippen LogP contribution in [0, 0.1) is 6.92 Å². The zero-order valence-corrected chi connectivity index (χ0v) is 17.1. The fourth-order valence-electron chi connectivity index (χ4n) is 3.27. The fourth-order valence-corrected chi connectivity index (χ4v) is 3.27. The summed E-state index contributed by atoms with van der Waals surface area (Å²) in [6, 6.07) is 11.8. The van der Waals surface area contributed by atoms with Crippen LogP contribution >= 0.6 is 0 Å². The van der Waals surface area contributed by atoms with Gasteiger partial charge in [0.2, 0.25) is 0 Å². The number of carbonyl (C=O) groups excluding carboxylic acids is 2. The van der Waals surface area contributed by atoms with Crippen molar-refractivity contribution in [3.63, 3.8) is 0 Å². The molecule has 2 heterocycles.